The zero-order valence-electron chi connectivity index (χ0n) is 11.1. The molecule has 2 atom stereocenters. The first kappa shape index (κ1) is 16.9. The number of halogens is 3. The van der Waals surface area contributed by atoms with E-state index in [4.69, 9.17) is 27.9 Å². The number of aliphatic hydroxyl groups excluding tert-OH is 1. The summed E-state index contributed by atoms with van der Waals surface area (Å²) in [6.07, 6.45) is -2.09. The van der Waals surface area contributed by atoms with Gasteiger partial charge in [-0.15, -0.1) is 0 Å². The molecule has 1 aromatic rings. The summed E-state index contributed by atoms with van der Waals surface area (Å²) < 4.78 is 23.2. The van der Waals surface area contributed by atoms with Crippen LogP contribution in [0.5, 0.6) is 5.88 Å². The van der Waals surface area contributed by atoms with Crippen LogP contribution < -0.4 is 4.74 Å². The van der Waals surface area contributed by atoms with Gasteiger partial charge in [0.05, 0.1) is 0 Å². The molecule has 112 valence electrons. The maximum atomic E-state index is 13.4. The molecule has 0 aromatic carbocycles. The first-order chi connectivity index (χ1) is 9.27. The molecule has 1 rings (SSSR count). The van der Waals surface area contributed by atoms with Gasteiger partial charge in [0.15, 0.2) is 12.4 Å². The molecule has 1 unspecified atom stereocenters. The Morgan fingerprint density at radius 1 is 1.45 bits per heavy atom. The van der Waals surface area contributed by atoms with Crippen molar-refractivity contribution in [3.05, 3.63) is 21.6 Å². The fraction of sp³-hybridized carbons (Fsp3) is 0.500. The third-order valence-corrected chi connectivity index (χ3v) is 3.33. The molecule has 0 bridgehead atoms. The van der Waals surface area contributed by atoms with E-state index in [9.17, 15) is 14.3 Å². The minimum atomic E-state index is -1.22. The number of pyridine rings is 1. The second-order valence-corrected chi connectivity index (χ2v) is 4.78. The van der Waals surface area contributed by atoms with Crippen molar-refractivity contribution in [1.29, 1.82) is 0 Å². The minimum Gasteiger partial charge on any atom is -0.461 e. The van der Waals surface area contributed by atoms with Gasteiger partial charge in [0.1, 0.15) is 10.0 Å². The molecule has 20 heavy (non-hydrogen) atoms. The standard InChI is InChI=1S/C12H14Cl2FNO4/c1-4-7(17)20-12(18)6(3)19-11-9(14)5(2)8(13)10(15)16-11/h6-7,17H,4H2,1-3H3/t6-,7?/m1/s1. The Bertz CT molecular complexity index is 513. The average molecular weight is 326 g/mol. The van der Waals surface area contributed by atoms with E-state index in [1.54, 1.807) is 6.92 Å². The summed E-state index contributed by atoms with van der Waals surface area (Å²) in [5, 5.41) is 9.00. The van der Waals surface area contributed by atoms with Crippen molar-refractivity contribution >= 4 is 29.2 Å². The number of aliphatic hydroxyl groups is 1. The first-order valence-corrected chi connectivity index (χ1v) is 6.59. The Morgan fingerprint density at radius 2 is 2.05 bits per heavy atom. The van der Waals surface area contributed by atoms with E-state index < -0.39 is 24.3 Å². The van der Waals surface area contributed by atoms with Crippen LogP contribution in [0, 0.1) is 12.9 Å². The minimum absolute atomic E-state index is 0.00656. The Kier molecular flexibility index (Phi) is 5.98. The van der Waals surface area contributed by atoms with Gasteiger partial charge in [-0.3, -0.25) is 0 Å². The summed E-state index contributed by atoms with van der Waals surface area (Å²) in [5.41, 5.74) is 0.255. The van der Waals surface area contributed by atoms with Gasteiger partial charge in [-0.25, -0.2) is 4.79 Å². The Balaban J connectivity index is 2.86. The van der Waals surface area contributed by atoms with Gasteiger partial charge in [-0.05, 0) is 19.4 Å². The number of carbonyl (C=O) groups is 1. The van der Waals surface area contributed by atoms with Crippen molar-refractivity contribution in [3.8, 4) is 5.88 Å². The van der Waals surface area contributed by atoms with Crippen LogP contribution in [0.15, 0.2) is 0 Å². The second kappa shape index (κ2) is 7.06. The zero-order chi connectivity index (χ0) is 15.4. The van der Waals surface area contributed by atoms with Gasteiger partial charge < -0.3 is 14.6 Å². The lowest BCUT2D eigenvalue weighted by atomic mass is 10.3. The van der Waals surface area contributed by atoms with Crippen LogP contribution in [0.1, 0.15) is 25.8 Å². The van der Waals surface area contributed by atoms with Crippen molar-refractivity contribution in [2.24, 2.45) is 0 Å². The first-order valence-electron chi connectivity index (χ1n) is 5.84. The molecule has 0 spiro atoms. The van der Waals surface area contributed by atoms with E-state index in [1.165, 1.54) is 13.8 Å². The van der Waals surface area contributed by atoms with Crippen LogP contribution >= 0.6 is 23.2 Å². The smallest absolute Gasteiger partial charge is 0.349 e. The fourth-order valence-corrected chi connectivity index (χ4v) is 1.57. The van der Waals surface area contributed by atoms with Gasteiger partial charge in [-0.2, -0.15) is 9.37 Å². The SMILES string of the molecule is CCC(O)OC(=O)[C@@H](C)Oc1nc(F)c(Cl)c(C)c1Cl. The molecular formula is C12H14Cl2FNO4. The van der Waals surface area contributed by atoms with Gasteiger partial charge in [0, 0.05) is 6.42 Å². The molecule has 0 fully saturated rings. The molecule has 0 aliphatic rings. The molecule has 8 heteroatoms. The van der Waals surface area contributed by atoms with Crippen LogP contribution in [0.3, 0.4) is 0 Å². The lowest BCUT2D eigenvalue weighted by Gasteiger charge is -2.17. The maximum absolute atomic E-state index is 13.4. The molecule has 0 aliphatic heterocycles. The quantitative estimate of drug-likeness (QED) is 0.512. The summed E-state index contributed by atoms with van der Waals surface area (Å²) in [4.78, 5) is 15.0. The van der Waals surface area contributed by atoms with E-state index >= 15 is 0 Å². The molecule has 0 saturated heterocycles. The van der Waals surface area contributed by atoms with E-state index in [2.05, 4.69) is 9.72 Å². The van der Waals surface area contributed by atoms with Crippen LogP contribution in [-0.2, 0) is 9.53 Å². The third-order valence-electron chi connectivity index (χ3n) is 2.45. The van der Waals surface area contributed by atoms with Crippen LogP contribution in [0.2, 0.25) is 10.0 Å². The number of hydrogen-bond acceptors (Lipinski definition) is 5. The molecule has 0 amide bonds. The highest BCUT2D eigenvalue weighted by Crippen LogP contribution is 2.32. The Labute approximate surface area is 125 Å². The van der Waals surface area contributed by atoms with Crippen molar-refractivity contribution in [2.75, 3.05) is 0 Å². The van der Waals surface area contributed by atoms with E-state index in [-0.39, 0.29) is 27.9 Å². The normalized spacial score (nSPS) is 13.8. The average Bonchev–Trinajstić information content (AvgIpc) is 2.41. The van der Waals surface area contributed by atoms with Gasteiger partial charge >= 0.3 is 5.97 Å². The van der Waals surface area contributed by atoms with Crippen molar-refractivity contribution in [2.45, 2.75) is 39.6 Å². The zero-order valence-corrected chi connectivity index (χ0v) is 12.6. The summed E-state index contributed by atoms with van der Waals surface area (Å²) in [6, 6.07) is 0. The van der Waals surface area contributed by atoms with Crippen LogP contribution in [0.4, 0.5) is 4.39 Å². The Morgan fingerprint density at radius 3 is 2.60 bits per heavy atom. The topological polar surface area (TPSA) is 68.7 Å². The lowest BCUT2D eigenvalue weighted by Crippen LogP contribution is -2.30. The monoisotopic (exact) mass is 325 g/mol. The van der Waals surface area contributed by atoms with Crippen molar-refractivity contribution < 1.29 is 23.8 Å². The highest BCUT2D eigenvalue weighted by Gasteiger charge is 2.23. The van der Waals surface area contributed by atoms with E-state index in [1.807, 2.05) is 0 Å². The van der Waals surface area contributed by atoms with Gasteiger partial charge in [-0.1, -0.05) is 30.1 Å². The predicted octanol–water partition coefficient (Wildman–Crippen LogP) is 2.87. The maximum Gasteiger partial charge on any atom is 0.349 e. The van der Waals surface area contributed by atoms with Crippen LogP contribution in [0.25, 0.3) is 0 Å². The molecular weight excluding hydrogens is 312 g/mol. The summed E-state index contributed by atoms with van der Waals surface area (Å²) in [6.45, 7) is 4.50. The molecule has 1 aromatic heterocycles. The molecule has 1 heterocycles. The summed E-state index contributed by atoms with van der Waals surface area (Å²) in [5.74, 6) is -2.02. The lowest BCUT2D eigenvalue weighted by molar-refractivity contribution is -0.175. The van der Waals surface area contributed by atoms with E-state index in [0.29, 0.717) is 0 Å². The molecule has 1 N–H and O–H groups in total. The van der Waals surface area contributed by atoms with Crippen molar-refractivity contribution in [1.82, 2.24) is 4.98 Å². The largest absolute Gasteiger partial charge is 0.461 e. The molecule has 0 radical (unpaired) electrons. The number of ether oxygens (including phenoxy) is 2. The molecule has 5 nitrogen and oxygen atoms in total. The second-order valence-electron chi connectivity index (χ2n) is 4.02. The number of aromatic nitrogens is 1. The highest BCUT2D eigenvalue weighted by molar-refractivity contribution is 6.36. The highest BCUT2D eigenvalue weighted by atomic mass is 35.5. The van der Waals surface area contributed by atoms with Gasteiger partial charge in [0.25, 0.3) is 0 Å². The van der Waals surface area contributed by atoms with Gasteiger partial charge in [0.2, 0.25) is 11.8 Å². The van der Waals surface area contributed by atoms with E-state index in [0.717, 1.165) is 0 Å². The summed E-state index contributed by atoms with van der Waals surface area (Å²) in [7, 11) is 0. The van der Waals surface area contributed by atoms with Crippen LogP contribution in [-0.4, -0.2) is 28.5 Å². The Hall–Kier alpha value is -1.11. The summed E-state index contributed by atoms with van der Waals surface area (Å²) >= 11 is 11.6. The van der Waals surface area contributed by atoms with Crippen molar-refractivity contribution in [3.63, 3.8) is 0 Å². The number of carbonyl (C=O) groups excluding carboxylic acids is 1. The number of esters is 1. The number of rotatable bonds is 5. The third kappa shape index (κ3) is 3.94. The predicted molar refractivity (Wildman–Crippen MR) is 71.4 cm³/mol. The number of hydrogen-bond donors (Lipinski definition) is 1. The fourth-order valence-electron chi connectivity index (χ4n) is 1.21. The number of nitrogens with zero attached hydrogens (tertiary/aromatic N) is 1. The molecule has 0 aliphatic carbocycles. The molecule has 0 saturated carbocycles.